The minimum absolute atomic E-state index is 0.303. The molecular weight excluding hydrogens is 340 g/mol. The standard InChI is InChI=1S/C14H22N2O7S/c1-6(2)11(20)14(9(18)4-10(19)16-14)13(23)24-5-8(12(21)22)15-7(3)17/h6,8-9,11,18,20H,4-5H2,1-3H3,(H,15,17)(H,16,19)(H,21,22)/t8-,9-,11-,14-/m0/s1. The summed E-state index contributed by atoms with van der Waals surface area (Å²) in [6.07, 6.45) is -3.10. The highest BCUT2D eigenvalue weighted by atomic mass is 32.2. The molecule has 0 aromatic rings. The molecule has 0 radical (unpaired) electrons. The number of hydrogen-bond donors (Lipinski definition) is 5. The van der Waals surface area contributed by atoms with E-state index in [4.69, 9.17) is 5.11 Å². The predicted octanol–water partition coefficient (Wildman–Crippen LogP) is -1.53. The number of carboxylic acid groups (broad SMARTS) is 1. The lowest BCUT2D eigenvalue weighted by Crippen LogP contribution is -2.64. The highest BCUT2D eigenvalue weighted by Crippen LogP contribution is 2.33. The van der Waals surface area contributed by atoms with Crippen LogP contribution in [0.4, 0.5) is 0 Å². The van der Waals surface area contributed by atoms with Crippen molar-refractivity contribution in [3.8, 4) is 0 Å². The molecule has 1 saturated heterocycles. The second-order valence-corrected chi connectivity index (χ2v) is 7.01. The lowest BCUT2D eigenvalue weighted by molar-refractivity contribution is -0.140. The Morgan fingerprint density at radius 3 is 2.38 bits per heavy atom. The first-order valence-corrected chi connectivity index (χ1v) is 8.35. The van der Waals surface area contributed by atoms with Gasteiger partial charge in [-0.2, -0.15) is 0 Å². The van der Waals surface area contributed by atoms with Crippen LogP contribution in [-0.4, -0.2) is 67.8 Å². The quantitative estimate of drug-likeness (QED) is 0.366. The molecule has 1 aliphatic heterocycles. The van der Waals surface area contributed by atoms with Gasteiger partial charge in [0.2, 0.25) is 16.9 Å². The first-order valence-electron chi connectivity index (χ1n) is 7.36. The van der Waals surface area contributed by atoms with Crippen LogP contribution in [0.15, 0.2) is 0 Å². The molecule has 0 aromatic carbocycles. The van der Waals surface area contributed by atoms with Gasteiger partial charge in [-0.05, 0) is 5.92 Å². The summed E-state index contributed by atoms with van der Waals surface area (Å²) in [5.41, 5.74) is -1.89. The molecule has 5 N–H and O–H groups in total. The van der Waals surface area contributed by atoms with E-state index in [2.05, 4.69) is 10.6 Å². The Balaban J connectivity index is 2.96. The van der Waals surface area contributed by atoms with Crippen LogP contribution in [0, 0.1) is 5.92 Å². The van der Waals surface area contributed by atoms with Gasteiger partial charge in [-0.3, -0.25) is 14.4 Å². The van der Waals surface area contributed by atoms with E-state index in [1.165, 1.54) is 0 Å². The number of aliphatic carboxylic acids is 1. The normalized spacial score (nSPS) is 25.9. The van der Waals surface area contributed by atoms with E-state index in [0.717, 1.165) is 6.92 Å². The maximum atomic E-state index is 12.6. The largest absolute Gasteiger partial charge is 0.480 e. The van der Waals surface area contributed by atoms with Gasteiger partial charge in [-0.1, -0.05) is 25.6 Å². The van der Waals surface area contributed by atoms with Crippen molar-refractivity contribution >= 4 is 34.7 Å². The van der Waals surface area contributed by atoms with Crippen molar-refractivity contribution < 1.29 is 34.5 Å². The molecule has 0 aromatic heterocycles. The van der Waals surface area contributed by atoms with Crippen LogP contribution in [0.5, 0.6) is 0 Å². The minimum Gasteiger partial charge on any atom is -0.480 e. The molecule has 10 heteroatoms. The molecule has 0 saturated carbocycles. The van der Waals surface area contributed by atoms with Gasteiger partial charge < -0.3 is 26.0 Å². The number of amides is 2. The third kappa shape index (κ3) is 4.25. The zero-order chi connectivity index (χ0) is 18.7. The van der Waals surface area contributed by atoms with Gasteiger partial charge in [-0.15, -0.1) is 0 Å². The maximum absolute atomic E-state index is 12.6. The van der Waals surface area contributed by atoms with Crippen LogP contribution < -0.4 is 10.6 Å². The number of carbonyl (C=O) groups is 4. The van der Waals surface area contributed by atoms with E-state index >= 15 is 0 Å². The van der Waals surface area contributed by atoms with E-state index < -0.39 is 52.6 Å². The summed E-state index contributed by atoms with van der Waals surface area (Å²) in [5, 5.41) is 33.3. The van der Waals surface area contributed by atoms with Crippen molar-refractivity contribution in [3.05, 3.63) is 0 Å². The Hall–Kier alpha value is -1.65. The van der Waals surface area contributed by atoms with Gasteiger partial charge in [0.15, 0.2) is 5.54 Å². The number of aliphatic hydroxyl groups excluding tert-OH is 2. The number of aliphatic hydroxyl groups is 2. The lowest BCUT2D eigenvalue weighted by Gasteiger charge is -2.37. The maximum Gasteiger partial charge on any atom is 0.327 e. The summed E-state index contributed by atoms with van der Waals surface area (Å²) in [7, 11) is 0. The van der Waals surface area contributed by atoms with E-state index in [0.29, 0.717) is 11.8 Å². The Bertz CT molecular complexity index is 539. The summed E-state index contributed by atoms with van der Waals surface area (Å²) < 4.78 is 0. The Morgan fingerprint density at radius 2 is 2.00 bits per heavy atom. The first-order chi connectivity index (χ1) is 11.0. The molecule has 0 unspecified atom stereocenters. The summed E-state index contributed by atoms with van der Waals surface area (Å²) in [4.78, 5) is 46.3. The van der Waals surface area contributed by atoms with Crippen molar-refractivity contribution in [3.63, 3.8) is 0 Å². The van der Waals surface area contributed by atoms with E-state index in [1.54, 1.807) is 13.8 Å². The van der Waals surface area contributed by atoms with Crippen molar-refractivity contribution in [2.24, 2.45) is 5.92 Å². The topological polar surface area (TPSA) is 153 Å². The minimum atomic E-state index is -1.89. The second-order valence-electron chi connectivity index (χ2n) is 6.02. The van der Waals surface area contributed by atoms with Gasteiger partial charge in [-0.25, -0.2) is 4.79 Å². The number of nitrogens with one attached hydrogen (secondary N) is 2. The lowest BCUT2D eigenvalue weighted by atomic mass is 9.83. The summed E-state index contributed by atoms with van der Waals surface area (Å²) in [5.74, 6) is -3.20. The molecule has 1 heterocycles. The SMILES string of the molecule is CC(=O)N[C@@H](CSC(=O)[C@]1([C@@H](O)C(C)C)NC(=O)C[C@@H]1O)C(=O)O. The van der Waals surface area contributed by atoms with Crippen molar-refractivity contribution in [2.45, 2.75) is 51.0 Å². The monoisotopic (exact) mass is 362 g/mol. The van der Waals surface area contributed by atoms with Gasteiger partial charge >= 0.3 is 5.97 Å². The molecule has 4 atom stereocenters. The number of hydrogen-bond acceptors (Lipinski definition) is 7. The van der Waals surface area contributed by atoms with E-state index in [9.17, 15) is 29.4 Å². The highest BCUT2D eigenvalue weighted by molar-refractivity contribution is 8.13. The van der Waals surface area contributed by atoms with Crippen molar-refractivity contribution in [1.29, 1.82) is 0 Å². The molecule has 9 nitrogen and oxygen atoms in total. The molecule has 1 fully saturated rings. The van der Waals surface area contributed by atoms with Crippen molar-refractivity contribution in [1.82, 2.24) is 10.6 Å². The Morgan fingerprint density at radius 1 is 1.42 bits per heavy atom. The molecule has 0 spiro atoms. The third-order valence-electron chi connectivity index (χ3n) is 3.74. The van der Waals surface area contributed by atoms with Crippen LogP contribution in [0.25, 0.3) is 0 Å². The summed E-state index contributed by atoms with van der Waals surface area (Å²) >= 11 is 0.533. The van der Waals surface area contributed by atoms with Crippen molar-refractivity contribution in [2.75, 3.05) is 5.75 Å². The summed E-state index contributed by atoms with van der Waals surface area (Å²) in [6.45, 7) is 4.39. The summed E-state index contributed by atoms with van der Waals surface area (Å²) in [6, 6.07) is -1.31. The van der Waals surface area contributed by atoms with Crippen LogP contribution in [0.3, 0.4) is 0 Å². The highest BCUT2D eigenvalue weighted by Gasteiger charge is 2.57. The molecule has 0 aliphatic carbocycles. The number of carbonyl (C=O) groups excluding carboxylic acids is 3. The molecule has 0 bridgehead atoms. The molecule has 1 rings (SSSR count). The van der Waals surface area contributed by atoms with Crippen LogP contribution in [-0.2, 0) is 19.2 Å². The molecular formula is C14H22N2O7S. The average molecular weight is 362 g/mol. The molecule has 2 amide bonds. The number of thioether (sulfide) groups is 1. The molecule has 136 valence electrons. The van der Waals surface area contributed by atoms with Crippen LogP contribution in [0.1, 0.15) is 27.2 Å². The van der Waals surface area contributed by atoms with Crippen LogP contribution >= 0.6 is 11.8 Å². The van der Waals surface area contributed by atoms with Gasteiger partial charge in [0.05, 0.1) is 18.6 Å². The van der Waals surface area contributed by atoms with Gasteiger partial charge in [0, 0.05) is 12.7 Å². The fraction of sp³-hybridized carbons (Fsp3) is 0.714. The van der Waals surface area contributed by atoms with Crippen LogP contribution in [0.2, 0.25) is 0 Å². The zero-order valence-electron chi connectivity index (χ0n) is 13.6. The zero-order valence-corrected chi connectivity index (χ0v) is 14.4. The molecule has 1 aliphatic rings. The Kier molecular flexibility index (Phi) is 6.76. The Labute approximate surface area is 143 Å². The first kappa shape index (κ1) is 20.4. The van der Waals surface area contributed by atoms with Gasteiger partial charge in [0.25, 0.3) is 0 Å². The average Bonchev–Trinajstić information content (AvgIpc) is 2.77. The van der Waals surface area contributed by atoms with Gasteiger partial charge in [0.1, 0.15) is 6.04 Å². The fourth-order valence-corrected chi connectivity index (χ4v) is 3.60. The third-order valence-corrected chi connectivity index (χ3v) is 4.84. The number of carboxylic acids is 1. The predicted molar refractivity (Wildman–Crippen MR) is 85.0 cm³/mol. The molecule has 24 heavy (non-hydrogen) atoms. The van der Waals surface area contributed by atoms with E-state index in [1.807, 2.05) is 0 Å². The second kappa shape index (κ2) is 7.95. The van der Waals surface area contributed by atoms with E-state index in [-0.39, 0.29) is 12.2 Å². The fourth-order valence-electron chi connectivity index (χ4n) is 2.50. The smallest absolute Gasteiger partial charge is 0.327 e. The number of rotatable bonds is 7.